The van der Waals surface area contributed by atoms with E-state index in [1.807, 2.05) is 0 Å². The summed E-state index contributed by atoms with van der Waals surface area (Å²) in [5.41, 5.74) is -0.260. The van der Waals surface area contributed by atoms with E-state index < -0.39 is 5.60 Å². The minimum absolute atomic E-state index is 0.177. The number of ether oxygens (including phenoxy) is 1. The molecule has 2 atom stereocenters. The lowest BCUT2D eigenvalue weighted by molar-refractivity contribution is -0.174. The molecule has 2 unspecified atom stereocenters. The largest absolute Gasteiger partial charge is 0.390 e. The van der Waals surface area contributed by atoms with Crippen molar-refractivity contribution in [3.8, 4) is 0 Å². The summed E-state index contributed by atoms with van der Waals surface area (Å²) in [5, 5.41) is 10.6. The molecular formula is C14H24O2. The summed E-state index contributed by atoms with van der Waals surface area (Å²) >= 11 is 0. The van der Waals surface area contributed by atoms with Gasteiger partial charge in [0.15, 0.2) is 0 Å². The van der Waals surface area contributed by atoms with Crippen molar-refractivity contribution in [2.75, 3.05) is 6.61 Å². The lowest BCUT2D eigenvalue weighted by Crippen LogP contribution is -2.50. The van der Waals surface area contributed by atoms with Crippen LogP contribution < -0.4 is 0 Å². The molecule has 0 aromatic carbocycles. The summed E-state index contributed by atoms with van der Waals surface area (Å²) in [6, 6.07) is 0. The maximum Gasteiger partial charge on any atom is 0.0686 e. The van der Waals surface area contributed by atoms with Crippen LogP contribution >= 0.6 is 0 Å². The first-order valence-corrected chi connectivity index (χ1v) is 6.96. The van der Waals surface area contributed by atoms with E-state index in [1.165, 1.54) is 32.1 Å². The van der Waals surface area contributed by atoms with Crippen LogP contribution in [0.2, 0.25) is 0 Å². The highest BCUT2D eigenvalue weighted by molar-refractivity contribution is 4.99. The van der Waals surface area contributed by atoms with Crippen molar-refractivity contribution in [1.29, 1.82) is 0 Å². The minimum atomic E-state index is -0.437. The van der Waals surface area contributed by atoms with Gasteiger partial charge in [-0.25, -0.2) is 0 Å². The van der Waals surface area contributed by atoms with Crippen molar-refractivity contribution in [2.45, 2.75) is 69.5 Å². The van der Waals surface area contributed by atoms with Gasteiger partial charge in [0, 0.05) is 6.61 Å². The van der Waals surface area contributed by atoms with Gasteiger partial charge in [-0.15, -0.1) is 0 Å². The maximum absolute atomic E-state index is 10.6. The number of aliphatic hydroxyl groups is 1. The molecule has 0 aromatic rings. The molecule has 2 heteroatoms. The van der Waals surface area contributed by atoms with Gasteiger partial charge < -0.3 is 9.84 Å². The fraction of sp³-hybridized carbons (Fsp3) is 1.00. The van der Waals surface area contributed by atoms with Crippen molar-refractivity contribution in [2.24, 2.45) is 11.8 Å². The van der Waals surface area contributed by atoms with E-state index in [0.29, 0.717) is 5.92 Å². The minimum Gasteiger partial charge on any atom is -0.390 e. The summed E-state index contributed by atoms with van der Waals surface area (Å²) in [5.74, 6) is 1.29. The second-order valence-corrected chi connectivity index (χ2v) is 6.58. The molecule has 1 heterocycles. The van der Waals surface area contributed by atoms with E-state index in [0.717, 1.165) is 31.8 Å². The molecule has 3 rings (SSSR count). The summed E-state index contributed by atoms with van der Waals surface area (Å²) in [7, 11) is 0. The van der Waals surface area contributed by atoms with Crippen molar-refractivity contribution in [3.05, 3.63) is 0 Å². The Bertz CT molecular complexity index is 264. The highest BCUT2D eigenvalue weighted by Gasteiger charge is 2.48. The van der Waals surface area contributed by atoms with E-state index in [-0.39, 0.29) is 5.60 Å². The molecule has 0 bridgehead atoms. The summed E-state index contributed by atoms with van der Waals surface area (Å²) in [4.78, 5) is 0. The van der Waals surface area contributed by atoms with Crippen LogP contribution in [0.15, 0.2) is 0 Å². The maximum atomic E-state index is 10.6. The Labute approximate surface area is 98.4 Å². The Morgan fingerprint density at radius 2 is 2.06 bits per heavy atom. The lowest BCUT2D eigenvalue weighted by Gasteiger charge is -2.50. The van der Waals surface area contributed by atoms with Crippen LogP contribution in [0.1, 0.15) is 58.3 Å². The first-order chi connectivity index (χ1) is 7.60. The molecule has 2 aliphatic carbocycles. The van der Waals surface area contributed by atoms with Gasteiger partial charge in [0.05, 0.1) is 11.2 Å². The van der Waals surface area contributed by atoms with E-state index in [9.17, 15) is 5.11 Å². The van der Waals surface area contributed by atoms with E-state index >= 15 is 0 Å². The van der Waals surface area contributed by atoms with Gasteiger partial charge in [-0.3, -0.25) is 0 Å². The molecule has 16 heavy (non-hydrogen) atoms. The third kappa shape index (κ3) is 2.02. The topological polar surface area (TPSA) is 29.5 Å². The van der Waals surface area contributed by atoms with E-state index in [2.05, 4.69) is 6.92 Å². The number of rotatable bonds is 3. The van der Waals surface area contributed by atoms with Crippen LogP contribution in [0.5, 0.6) is 0 Å². The second-order valence-electron chi connectivity index (χ2n) is 6.58. The molecule has 1 spiro atoms. The molecule has 1 N–H and O–H groups in total. The first kappa shape index (κ1) is 11.0. The van der Waals surface area contributed by atoms with Gasteiger partial charge in [-0.05, 0) is 57.3 Å². The van der Waals surface area contributed by atoms with Crippen LogP contribution in [0, 0.1) is 11.8 Å². The number of hydrogen-bond acceptors (Lipinski definition) is 2. The van der Waals surface area contributed by atoms with Crippen LogP contribution in [-0.2, 0) is 4.74 Å². The summed E-state index contributed by atoms with van der Waals surface area (Å²) in [6.45, 7) is 2.93. The van der Waals surface area contributed by atoms with Gasteiger partial charge in [0.2, 0.25) is 0 Å². The molecular weight excluding hydrogens is 200 g/mol. The molecule has 1 saturated heterocycles. The Hall–Kier alpha value is -0.0800. The molecule has 0 amide bonds. The van der Waals surface area contributed by atoms with E-state index in [4.69, 9.17) is 4.74 Å². The molecule has 2 saturated carbocycles. The fourth-order valence-electron chi connectivity index (χ4n) is 3.55. The second kappa shape index (κ2) is 3.71. The third-order valence-electron chi connectivity index (χ3n) is 5.04. The van der Waals surface area contributed by atoms with Crippen LogP contribution in [-0.4, -0.2) is 22.9 Å². The van der Waals surface area contributed by atoms with E-state index in [1.54, 1.807) is 0 Å². The highest BCUT2D eigenvalue weighted by Crippen LogP contribution is 2.49. The van der Waals surface area contributed by atoms with Gasteiger partial charge >= 0.3 is 0 Å². The fourth-order valence-corrected chi connectivity index (χ4v) is 3.55. The summed E-state index contributed by atoms with van der Waals surface area (Å²) < 4.78 is 5.94. The summed E-state index contributed by atoms with van der Waals surface area (Å²) in [6.07, 6.45) is 9.63. The Morgan fingerprint density at radius 3 is 2.62 bits per heavy atom. The van der Waals surface area contributed by atoms with Gasteiger partial charge in [-0.2, -0.15) is 0 Å². The SMILES string of the molecule is CC(O)(CC1CC1)C1CCOC2(CCC2)C1. The van der Waals surface area contributed by atoms with Crippen LogP contribution in [0.3, 0.4) is 0 Å². The molecule has 1 aliphatic heterocycles. The predicted octanol–water partition coefficient (Wildman–Crippen LogP) is 2.89. The molecule has 0 radical (unpaired) electrons. The normalized spacial score (nSPS) is 36.8. The number of hydrogen-bond donors (Lipinski definition) is 1. The standard InChI is InChI=1S/C14H24O2/c1-13(15,9-11-3-4-11)12-5-8-16-14(10-12)6-2-7-14/h11-12,15H,2-10H2,1H3. The Morgan fingerprint density at radius 1 is 1.31 bits per heavy atom. The van der Waals surface area contributed by atoms with Crippen molar-refractivity contribution < 1.29 is 9.84 Å². The zero-order valence-electron chi connectivity index (χ0n) is 10.4. The quantitative estimate of drug-likeness (QED) is 0.798. The molecule has 92 valence electrons. The monoisotopic (exact) mass is 224 g/mol. The van der Waals surface area contributed by atoms with Gasteiger partial charge in [0.1, 0.15) is 0 Å². The highest BCUT2D eigenvalue weighted by atomic mass is 16.5. The smallest absolute Gasteiger partial charge is 0.0686 e. The molecule has 0 aromatic heterocycles. The average molecular weight is 224 g/mol. The zero-order chi connectivity index (χ0) is 11.2. The Kier molecular flexibility index (Phi) is 2.56. The molecule has 3 aliphatic rings. The molecule has 2 nitrogen and oxygen atoms in total. The average Bonchev–Trinajstić information content (AvgIpc) is 2.99. The van der Waals surface area contributed by atoms with Gasteiger partial charge in [0.25, 0.3) is 0 Å². The van der Waals surface area contributed by atoms with Crippen LogP contribution in [0.4, 0.5) is 0 Å². The lowest BCUT2D eigenvalue weighted by atomic mass is 9.67. The first-order valence-electron chi connectivity index (χ1n) is 6.96. The van der Waals surface area contributed by atoms with Crippen LogP contribution in [0.25, 0.3) is 0 Å². The van der Waals surface area contributed by atoms with Crippen molar-refractivity contribution >= 4 is 0 Å². The zero-order valence-corrected chi connectivity index (χ0v) is 10.4. The van der Waals surface area contributed by atoms with Crippen molar-refractivity contribution in [3.63, 3.8) is 0 Å². The predicted molar refractivity (Wildman–Crippen MR) is 63.2 cm³/mol. The Balaban J connectivity index is 1.63. The van der Waals surface area contributed by atoms with Crippen molar-refractivity contribution in [1.82, 2.24) is 0 Å². The molecule has 3 fully saturated rings. The third-order valence-corrected chi connectivity index (χ3v) is 5.04. The van der Waals surface area contributed by atoms with Gasteiger partial charge in [-0.1, -0.05) is 12.8 Å².